The van der Waals surface area contributed by atoms with Gasteiger partial charge < -0.3 is 34.0 Å². The third-order valence-corrected chi connectivity index (χ3v) is 4.69. The summed E-state index contributed by atoms with van der Waals surface area (Å²) in [5.41, 5.74) is 4.09. The van der Waals surface area contributed by atoms with Gasteiger partial charge in [-0.05, 0) is 11.1 Å². The first-order chi connectivity index (χ1) is 14.8. The summed E-state index contributed by atoms with van der Waals surface area (Å²) in [4.78, 5) is 9.06. The highest BCUT2D eigenvalue weighted by atomic mass is 79.9. The fraction of sp³-hybridized carbons (Fsp3) is 0.0769. The summed E-state index contributed by atoms with van der Waals surface area (Å²) in [7, 11) is 0. The number of pyridine rings is 2. The topological polar surface area (TPSA) is 32.5 Å². The zero-order chi connectivity index (χ0) is 20.4. The molecule has 2 heterocycles. The summed E-state index contributed by atoms with van der Waals surface area (Å²) >= 11 is 0. The molecule has 2 aromatic carbocycles. The molecule has 4 aromatic rings. The standard InChI is InChI=1S/C26H24N4.2BrH/c1-3-7-23(8-4-1)21-27-25-11-15-29(16-12-25)19-20-30-17-13-26(14-18-30)28-22-24-9-5-2-6-10-24;;/h1-18,21-22H,19-20H2;2*1H/q+2;;/p-2. The van der Waals surface area contributed by atoms with E-state index in [-0.39, 0.29) is 34.0 Å². The van der Waals surface area contributed by atoms with Crippen LogP contribution in [-0.2, 0) is 13.1 Å². The fourth-order valence-electron chi connectivity index (χ4n) is 2.98. The van der Waals surface area contributed by atoms with Crippen LogP contribution in [0.1, 0.15) is 11.1 Å². The zero-order valence-electron chi connectivity index (χ0n) is 17.5. The molecule has 2 aromatic heterocycles. The molecule has 0 saturated heterocycles. The van der Waals surface area contributed by atoms with Crippen molar-refractivity contribution in [2.75, 3.05) is 0 Å². The van der Waals surface area contributed by atoms with Crippen molar-refractivity contribution in [1.29, 1.82) is 0 Å². The minimum atomic E-state index is 0. The number of hydrogen-bond donors (Lipinski definition) is 0. The van der Waals surface area contributed by atoms with Crippen LogP contribution in [-0.4, -0.2) is 12.4 Å². The maximum Gasteiger partial charge on any atom is 0.206 e. The summed E-state index contributed by atoms with van der Waals surface area (Å²) in [5, 5.41) is 0. The third-order valence-electron chi connectivity index (χ3n) is 4.69. The van der Waals surface area contributed by atoms with E-state index in [0.29, 0.717) is 0 Å². The lowest BCUT2D eigenvalue weighted by Crippen LogP contribution is -3.00. The van der Waals surface area contributed by atoms with Crippen LogP contribution in [0, 0.1) is 0 Å². The van der Waals surface area contributed by atoms with E-state index in [1.807, 2.05) is 97.4 Å². The van der Waals surface area contributed by atoms with Gasteiger partial charge in [-0.3, -0.25) is 9.98 Å². The van der Waals surface area contributed by atoms with Crippen LogP contribution in [0.3, 0.4) is 0 Å². The second kappa shape index (κ2) is 13.5. The molecule has 0 fully saturated rings. The first-order valence-electron chi connectivity index (χ1n) is 10.0. The van der Waals surface area contributed by atoms with Crippen LogP contribution in [0.4, 0.5) is 11.4 Å². The quantitative estimate of drug-likeness (QED) is 0.197. The van der Waals surface area contributed by atoms with Crippen molar-refractivity contribution in [3.63, 3.8) is 0 Å². The highest BCUT2D eigenvalue weighted by Gasteiger charge is 2.06. The Morgan fingerprint density at radius 1 is 0.500 bits per heavy atom. The minimum absolute atomic E-state index is 0. The van der Waals surface area contributed by atoms with Crippen LogP contribution < -0.4 is 43.1 Å². The molecule has 0 unspecified atom stereocenters. The Morgan fingerprint density at radius 3 is 1.19 bits per heavy atom. The lowest BCUT2D eigenvalue weighted by Gasteiger charge is -1.98. The van der Waals surface area contributed by atoms with Crippen molar-refractivity contribution < 1.29 is 43.1 Å². The zero-order valence-corrected chi connectivity index (χ0v) is 20.7. The maximum absolute atomic E-state index is 4.53. The van der Waals surface area contributed by atoms with Crippen molar-refractivity contribution in [2.45, 2.75) is 13.1 Å². The summed E-state index contributed by atoms with van der Waals surface area (Å²) in [5.74, 6) is 0. The molecule has 0 spiro atoms. The van der Waals surface area contributed by atoms with E-state index in [4.69, 9.17) is 0 Å². The SMILES string of the molecule is C(=Nc1cc[n+](CC[n+]2ccc(N=Cc3ccccc3)cc2)cc1)c1ccccc1.[Br-].[Br-]. The van der Waals surface area contributed by atoms with Crippen molar-refractivity contribution in [1.82, 2.24) is 0 Å². The summed E-state index contributed by atoms with van der Waals surface area (Å²) in [6.45, 7) is 1.78. The van der Waals surface area contributed by atoms with Gasteiger partial charge in [0.1, 0.15) is 0 Å². The van der Waals surface area contributed by atoms with Crippen LogP contribution in [0.5, 0.6) is 0 Å². The van der Waals surface area contributed by atoms with E-state index >= 15 is 0 Å². The molecule has 0 saturated carbocycles. The molecular formula is C26H24Br2N4. The summed E-state index contributed by atoms with van der Waals surface area (Å²) < 4.78 is 4.33. The van der Waals surface area contributed by atoms with E-state index in [2.05, 4.69) is 43.9 Å². The van der Waals surface area contributed by atoms with Gasteiger partial charge in [0.25, 0.3) is 0 Å². The van der Waals surface area contributed by atoms with E-state index < -0.39 is 0 Å². The summed E-state index contributed by atoms with van der Waals surface area (Å²) in [6.07, 6.45) is 12.0. The second-order valence-corrected chi connectivity index (χ2v) is 6.93. The number of nitrogens with zero attached hydrogens (tertiary/aromatic N) is 4. The number of benzene rings is 2. The summed E-state index contributed by atoms with van der Waals surface area (Å²) in [6, 6.07) is 28.4. The highest BCUT2D eigenvalue weighted by molar-refractivity contribution is 5.82. The average Bonchev–Trinajstić information content (AvgIpc) is 2.83. The fourth-order valence-corrected chi connectivity index (χ4v) is 2.98. The molecule has 0 radical (unpaired) electrons. The molecule has 0 aliphatic rings. The molecular weight excluding hydrogens is 528 g/mol. The predicted octanol–water partition coefficient (Wildman–Crippen LogP) is -1.53. The maximum atomic E-state index is 4.53. The molecule has 0 aliphatic heterocycles. The number of aliphatic imine (C=N–C) groups is 2. The number of aryl methyl sites for hydroxylation is 2. The highest BCUT2D eigenvalue weighted by Crippen LogP contribution is 2.09. The average molecular weight is 552 g/mol. The molecule has 162 valence electrons. The normalized spacial score (nSPS) is 10.6. The van der Waals surface area contributed by atoms with E-state index in [1.54, 1.807) is 0 Å². The monoisotopic (exact) mass is 550 g/mol. The first-order valence-corrected chi connectivity index (χ1v) is 10.0. The number of halogens is 2. The minimum Gasteiger partial charge on any atom is -1.00 e. The lowest BCUT2D eigenvalue weighted by molar-refractivity contribution is -0.778. The van der Waals surface area contributed by atoms with Crippen molar-refractivity contribution >= 4 is 23.8 Å². The Hall–Kier alpha value is -2.96. The van der Waals surface area contributed by atoms with Gasteiger partial charge in [-0.2, -0.15) is 9.13 Å². The van der Waals surface area contributed by atoms with Gasteiger partial charge in [0.15, 0.2) is 24.8 Å². The van der Waals surface area contributed by atoms with Crippen molar-refractivity contribution in [2.24, 2.45) is 9.98 Å². The molecule has 0 amide bonds. The van der Waals surface area contributed by atoms with E-state index in [9.17, 15) is 0 Å². The van der Waals surface area contributed by atoms with Gasteiger partial charge in [0.05, 0.1) is 11.4 Å². The van der Waals surface area contributed by atoms with Crippen LogP contribution in [0.2, 0.25) is 0 Å². The number of aromatic nitrogens is 2. The van der Waals surface area contributed by atoms with Crippen LogP contribution in [0.15, 0.2) is 120 Å². The Morgan fingerprint density at radius 2 is 0.844 bits per heavy atom. The van der Waals surface area contributed by atoms with Gasteiger partial charge in [-0.15, -0.1) is 0 Å². The predicted molar refractivity (Wildman–Crippen MR) is 121 cm³/mol. The van der Waals surface area contributed by atoms with Gasteiger partial charge >= 0.3 is 0 Å². The van der Waals surface area contributed by atoms with Crippen molar-refractivity contribution in [3.05, 3.63) is 121 Å². The van der Waals surface area contributed by atoms with Gasteiger partial charge in [0.2, 0.25) is 13.1 Å². The van der Waals surface area contributed by atoms with Crippen LogP contribution >= 0.6 is 0 Å². The van der Waals surface area contributed by atoms with Gasteiger partial charge in [-0.25, -0.2) is 0 Å². The molecule has 0 bridgehead atoms. The van der Waals surface area contributed by atoms with Gasteiger partial charge in [-0.1, -0.05) is 60.7 Å². The Labute approximate surface area is 210 Å². The smallest absolute Gasteiger partial charge is 0.206 e. The first kappa shape index (κ1) is 25.3. The lowest BCUT2D eigenvalue weighted by atomic mass is 10.2. The molecule has 32 heavy (non-hydrogen) atoms. The van der Waals surface area contributed by atoms with E-state index in [1.165, 1.54) is 0 Å². The van der Waals surface area contributed by atoms with E-state index in [0.717, 1.165) is 35.6 Å². The Bertz CT molecular complexity index is 1020. The Kier molecular flexibility index (Phi) is 10.6. The Balaban J connectivity index is 0.00000181. The molecule has 0 N–H and O–H groups in total. The third kappa shape index (κ3) is 7.94. The molecule has 4 rings (SSSR count). The van der Waals surface area contributed by atoms with Gasteiger partial charge in [0, 0.05) is 36.7 Å². The number of rotatable bonds is 7. The molecule has 4 nitrogen and oxygen atoms in total. The second-order valence-electron chi connectivity index (χ2n) is 6.93. The largest absolute Gasteiger partial charge is 1.00 e. The number of hydrogen-bond acceptors (Lipinski definition) is 2. The van der Waals surface area contributed by atoms with Crippen LogP contribution in [0.25, 0.3) is 0 Å². The molecule has 0 aliphatic carbocycles. The van der Waals surface area contributed by atoms with Crippen molar-refractivity contribution in [3.8, 4) is 0 Å². The molecule has 6 heteroatoms. The molecule has 0 atom stereocenters.